The zero-order chi connectivity index (χ0) is 26.1. The van der Waals surface area contributed by atoms with E-state index in [1.807, 2.05) is 18.2 Å². The maximum atomic E-state index is 14.1. The molecule has 4 N–H and O–H groups in total. The number of anilines is 1. The molecule has 2 aliphatic rings. The van der Waals surface area contributed by atoms with Crippen molar-refractivity contribution in [2.75, 3.05) is 12.4 Å². The molecule has 37 heavy (non-hydrogen) atoms. The molecule has 190 valence electrons. The third-order valence-corrected chi connectivity index (χ3v) is 6.91. The molecule has 0 radical (unpaired) electrons. The summed E-state index contributed by atoms with van der Waals surface area (Å²) < 4.78 is 19.4. The Hall–Kier alpha value is -4.39. The van der Waals surface area contributed by atoms with Gasteiger partial charge in [-0.15, -0.1) is 0 Å². The molecule has 1 aliphatic heterocycles. The summed E-state index contributed by atoms with van der Waals surface area (Å²) in [6.07, 6.45) is 2.36. The second-order valence-corrected chi connectivity index (χ2v) is 9.48. The van der Waals surface area contributed by atoms with Crippen LogP contribution in [0.2, 0.25) is 0 Å². The number of halogens is 1. The average molecular weight is 504 g/mol. The van der Waals surface area contributed by atoms with E-state index in [4.69, 9.17) is 4.74 Å². The summed E-state index contributed by atoms with van der Waals surface area (Å²) in [6.45, 7) is 0. The van der Waals surface area contributed by atoms with Crippen LogP contribution in [0.5, 0.6) is 5.75 Å². The first-order valence-corrected chi connectivity index (χ1v) is 12.1. The molecular formula is C27H26FN5O4. The van der Waals surface area contributed by atoms with Crippen molar-refractivity contribution in [1.29, 1.82) is 5.26 Å². The molecular weight excluding hydrogens is 477 g/mol. The largest absolute Gasteiger partial charge is 0.496 e. The minimum atomic E-state index is -1.01. The first-order valence-electron chi connectivity index (χ1n) is 12.1. The predicted octanol–water partition coefficient (Wildman–Crippen LogP) is 3.35. The molecule has 0 unspecified atom stereocenters. The Morgan fingerprint density at radius 2 is 1.97 bits per heavy atom. The molecule has 3 amide bonds. The van der Waals surface area contributed by atoms with Crippen LogP contribution in [0, 0.1) is 23.1 Å². The van der Waals surface area contributed by atoms with Crippen LogP contribution >= 0.6 is 0 Å². The number of amides is 3. The summed E-state index contributed by atoms with van der Waals surface area (Å²) in [7, 11) is 1.55. The first kappa shape index (κ1) is 24.3. The molecule has 0 spiro atoms. The SMILES string of the molecule is COc1cccc2[nH]c(C(=O)N[C@@H](CC3CC3)C(=O)N[C@H](C#N)C[C@H]3C(=O)Nc4c(F)cccc43)cc12. The quantitative estimate of drug-likeness (QED) is 0.355. The Kier molecular flexibility index (Phi) is 6.53. The van der Waals surface area contributed by atoms with Gasteiger partial charge in [0.15, 0.2) is 0 Å². The van der Waals surface area contributed by atoms with E-state index in [9.17, 15) is 24.0 Å². The van der Waals surface area contributed by atoms with Crippen LogP contribution < -0.4 is 20.7 Å². The number of aromatic nitrogens is 1. The third kappa shape index (κ3) is 4.98. The zero-order valence-electron chi connectivity index (χ0n) is 20.1. The number of carbonyl (C=O) groups excluding carboxylic acids is 3. The van der Waals surface area contributed by atoms with Gasteiger partial charge in [0.25, 0.3) is 5.91 Å². The number of fused-ring (bicyclic) bond motifs is 2. The molecule has 0 saturated heterocycles. The van der Waals surface area contributed by atoms with Crippen molar-refractivity contribution in [3.8, 4) is 11.8 Å². The smallest absolute Gasteiger partial charge is 0.268 e. The Morgan fingerprint density at radius 1 is 1.19 bits per heavy atom. The van der Waals surface area contributed by atoms with Crippen LogP contribution in [0.15, 0.2) is 42.5 Å². The van der Waals surface area contributed by atoms with Gasteiger partial charge in [-0.25, -0.2) is 4.39 Å². The lowest BCUT2D eigenvalue weighted by atomic mass is 9.93. The number of nitrogens with one attached hydrogen (secondary N) is 4. The van der Waals surface area contributed by atoms with E-state index >= 15 is 0 Å². The fourth-order valence-electron chi connectivity index (χ4n) is 4.78. The third-order valence-electron chi connectivity index (χ3n) is 6.91. The van der Waals surface area contributed by atoms with Gasteiger partial charge in [-0.2, -0.15) is 5.26 Å². The Balaban J connectivity index is 1.29. The number of ether oxygens (including phenoxy) is 1. The lowest BCUT2D eigenvalue weighted by Gasteiger charge is -2.21. The Bertz CT molecular complexity index is 1420. The van der Waals surface area contributed by atoms with Gasteiger partial charge in [0.2, 0.25) is 11.8 Å². The van der Waals surface area contributed by atoms with Gasteiger partial charge in [-0.05, 0) is 48.6 Å². The van der Waals surface area contributed by atoms with Gasteiger partial charge in [-0.3, -0.25) is 14.4 Å². The predicted molar refractivity (Wildman–Crippen MR) is 133 cm³/mol. The van der Waals surface area contributed by atoms with Crippen molar-refractivity contribution < 1.29 is 23.5 Å². The van der Waals surface area contributed by atoms with Gasteiger partial charge in [0, 0.05) is 10.9 Å². The number of hydrogen-bond acceptors (Lipinski definition) is 5. The number of aromatic amines is 1. The summed E-state index contributed by atoms with van der Waals surface area (Å²) in [5, 5.41) is 18.4. The number of methoxy groups -OCH3 is 1. The van der Waals surface area contributed by atoms with Crippen molar-refractivity contribution in [3.05, 3.63) is 59.5 Å². The van der Waals surface area contributed by atoms with Crippen LogP contribution in [0.4, 0.5) is 10.1 Å². The van der Waals surface area contributed by atoms with E-state index in [0.717, 1.165) is 23.7 Å². The monoisotopic (exact) mass is 503 g/mol. The van der Waals surface area contributed by atoms with E-state index < -0.39 is 41.5 Å². The van der Waals surface area contributed by atoms with E-state index in [-0.39, 0.29) is 17.8 Å². The second-order valence-electron chi connectivity index (χ2n) is 9.48. The molecule has 3 aromatic rings. The normalized spacial score (nSPS) is 17.9. The number of H-pyrrole nitrogens is 1. The molecule has 1 aromatic heterocycles. The molecule has 10 heteroatoms. The molecule has 2 aromatic carbocycles. The Labute approximate surface area is 212 Å². The number of para-hydroxylation sites is 1. The van der Waals surface area contributed by atoms with Gasteiger partial charge >= 0.3 is 0 Å². The molecule has 1 fully saturated rings. The minimum absolute atomic E-state index is 0.0174. The first-order chi connectivity index (χ1) is 17.9. The maximum Gasteiger partial charge on any atom is 0.268 e. The van der Waals surface area contributed by atoms with Crippen LogP contribution in [-0.4, -0.2) is 41.9 Å². The summed E-state index contributed by atoms with van der Waals surface area (Å²) in [5.41, 5.74) is 1.57. The van der Waals surface area contributed by atoms with E-state index in [1.54, 1.807) is 25.3 Å². The summed E-state index contributed by atoms with van der Waals surface area (Å²) in [4.78, 5) is 41.8. The average Bonchev–Trinajstić information content (AvgIpc) is 3.50. The van der Waals surface area contributed by atoms with Gasteiger partial charge in [0.1, 0.15) is 29.3 Å². The van der Waals surface area contributed by atoms with Crippen molar-refractivity contribution in [2.24, 2.45) is 5.92 Å². The highest BCUT2D eigenvalue weighted by Crippen LogP contribution is 2.37. The van der Waals surface area contributed by atoms with Gasteiger partial charge in [0.05, 0.1) is 24.8 Å². The van der Waals surface area contributed by atoms with Crippen LogP contribution in [0.25, 0.3) is 10.9 Å². The lowest BCUT2D eigenvalue weighted by Crippen LogP contribution is -2.50. The molecule has 0 bridgehead atoms. The topological polar surface area (TPSA) is 136 Å². The summed E-state index contributed by atoms with van der Waals surface area (Å²) in [5.74, 6) is -1.76. The minimum Gasteiger partial charge on any atom is -0.496 e. The van der Waals surface area contributed by atoms with Crippen molar-refractivity contribution in [1.82, 2.24) is 15.6 Å². The number of nitriles is 1. The van der Waals surface area contributed by atoms with Gasteiger partial charge < -0.3 is 25.7 Å². The summed E-state index contributed by atoms with van der Waals surface area (Å²) >= 11 is 0. The zero-order valence-corrected chi connectivity index (χ0v) is 20.1. The molecule has 1 aliphatic carbocycles. The van der Waals surface area contributed by atoms with Crippen LogP contribution in [0.1, 0.15) is 47.7 Å². The van der Waals surface area contributed by atoms with E-state index in [2.05, 4.69) is 20.9 Å². The number of carbonyl (C=O) groups is 3. The lowest BCUT2D eigenvalue weighted by molar-refractivity contribution is -0.124. The number of benzene rings is 2. The molecule has 2 heterocycles. The van der Waals surface area contributed by atoms with E-state index in [1.165, 1.54) is 12.1 Å². The molecule has 5 rings (SSSR count). The highest BCUT2D eigenvalue weighted by atomic mass is 19.1. The number of hydrogen-bond donors (Lipinski definition) is 4. The van der Waals surface area contributed by atoms with E-state index in [0.29, 0.717) is 23.7 Å². The fraction of sp³-hybridized carbons (Fsp3) is 0.333. The Morgan fingerprint density at radius 3 is 2.70 bits per heavy atom. The van der Waals surface area contributed by atoms with Crippen LogP contribution in [0.3, 0.4) is 0 Å². The van der Waals surface area contributed by atoms with Crippen molar-refractivity contribution in [2.45, 2.75) is 43.7 Å². The summed E-state index contributed by atoms with van der Waals surface area (Å²) in [6, 6.07) is 11.6. The highest BCUT2D eigenvalue weighted by Gasteiger charge is 2.36. The maximum absolute atomic E-state index is 14.1. The highest BCUT2D eigenvalue weighted by molar-refractivity contribution is 6.03. The van der Waals surface area contributed by atoms with Crippen molar-refractivity contribution >= 4 is 34.3 Å². The second kappa shape index (κ2) is 9.93. The van der Waals surface area contributed by atoms with Crippen molar-refractivity contribution in [3.63, 3.8) is 0 Å². The molecule has 9 nitrogen and oxygen atoms in total. The van der Waals surface area contributed by atoms with Gasteiger partial charge in [-0.1, -0.05) is 31.0 Å². The standard InChI is InChI=1S/C27H26FN5O4/c1-37-23-7-3-6-20-18(23)12-22(31-20)27(36)32-21(10-14-8-9-14)26(35)30-15(13-29)11-17-16-4-2-5-19(28)24(16)33-25(17)34/h2-7,12,14-15,17,21,31H,8-11H2,1H3,(H,30,35)(H,32,36)(H,33,34)/t15-,17+,21-/m0/s1. The van der Waals surface area contributed by atoms with Crippen LogP contribution in [-0.2, 0) is 9.59 Å². The number of nitrogens with zero attached hydrogens (tertiary/aromatic N) is 1. The fourth-order valence-corrected chi connectivity index (χ4v) is 4.78. The number of rotatable bonds is 9. The molecule has 3 atom stereocenters. The molecule has 1 saturated carbocycles.